The predicted molar refractivity (Wildman–Crippen MR) is 120 cm³/mol. The Morgan fingerprint density at radius 2 is 1.88 bits per heavy atom. The molecule has 0 bridgehead atoms. The Labute approximate surface area is 192 Å². The lowest BCUT2D eigenvalue weighted by Crippen LogP contribution is -2.28. The van der Waals surface area contributed by atoms with Crippen molar-refractivity contribution in [2.24, 2.45) is 10.9 Å². The minimum absolute atomic E-state index is 0.0804. The first-order valence-corrected chi connectivity index (χ1v) is 10.4. The highest BCUT2D eigenvalue weighted by Gasteiger charge is 2.25. The summed E-state index contributed by atoms with van der Waals surface area (Å²) in [7, 11) is 0. The Hall–Kier alpha value is -4.29. The molecule has 0 saturated heterocycles. The Morgan fingerprint density at radius 3 is 2.53 bits per heavy atom. The molecule has 1 aliphatic rings. The van der Waals surface area contributed by atoms with E-state index in [1.807, 2.05) is 0 Å². The van der Waals surface area contributed by atoms with Crippen molar-refractivity contribution >= 4 is 17.6 Å². The standard InChI is InChI=1S/C21H22F2N8O3/c22-20(23)34-15-10-26-21(27-11-15)29-13-4-3-12(8-13)28-17-6-5-14(9-25-17)31-7-1-2-16(19(31)32)18(24)30-33/h1-2,5-7,9-13,20,33H,3-4,8H2,(H2,24,30)(H,25,28)(H,26,27,29)/t12-,13-/m0/s1. The van der Waals surface area contributed by atoms with E-state index in [9.17, 15) is 13.6 Å². The Morgan fingerprint density at radius 1 is 1.15 bits per heavy atom. The third-order valence-electron chi connectivity index (χ3n) is 5.33. The van der Waals surface area contributed by atoms with Gasteiger partial charge in [-0.3, -0.25) is 9.36 Å². The van der Waals surface area contributed by atoms with E-state index in [1.54, 1.807) is 30.6 Å². The first-order chi connectivity index (χ1) is 16.4. The van der Waals surface area contributed by atoms with Crippen LogP contribution in [0.2, 0.25) is 0 Å². The van der Waals surface area contributed by atoms with Gasteiger partial charge in [-0.25, -0.2) is 15.0 Å². The van der Waals surface area contributed by atoms with E-state index in [0.717, 1.165) is 19.3 Å². The van der Waals surface area contributed by atoms with Crippen LogP contribution < -0.4 is 26.7 Å². The topological polar surface area (TPSA) is 153 Å². The van der Waals surface area contributed by atoms with Crippen LogP contribution in [0.1, 0.15) is 24.8 Å². The fourth-order valence-electron chi connectivity index (χ4n) is 3.75. The number of nitrogens with two attached hydrogens (primary N) is 1. The van der Waals surface area contributed by atoms with Crippen LogP contribution in [-0.2, 0) is 0 Å². The molecule has 3 aromatic rings. The lowest BCUT2D eigenvalue weighted by Gasteiger charge is -2.15. The molecule has 0 unspecified atom stereocenters. The maximum absolute atomic E-state index is 12.6. The second kappa shape index (κ2) is 10.1. The zero-order valence-corrected chi connectivity index (χ0v) is 17.8. The SMILES string of the molecule is N/C(=N\O)c1cccn(-c2ccc(N[C@H]3CC[C@H](Nc4ncc(OC(F)F)cn4)C3)nc2)c1=O. The maximum atomic E-state index is 12.6. The molecular weight excluding hydrogens is 450 g/mol. The molecule has 0 aliphatic heterocycles. The van der Waals surface area contributed by atoms with E-state index in [0.29, 0.717) is 17.5 Å². The second-order valence-corrected chi connectivity index (χ2v) is 7.60. The number of ether oxygens (including phenoxy) is 1. The molecule has 13 heteroatoms. The van der Waals surface area contributed by atoms with Gasteiger partial charge in [-0.2, -0.15) is 8.78 Å². The van der Waals surface area contributed by atoms with Crippen molar-refractivity contribution < 1.29 is 18.7 Å². The third kappa shape index (κ3) is 5.36. The Kier molecular flexibility index (Phi) is 6.80. The molecule has 3 aromatic heterocycles. The van der Waals surface area contributed by atoms with Gasteiger partial charge in [0, 0.05) is 18.3 Å². The molecule has 11 nitrogen and oxygen atoms in total. The first-order valence-electron chi connectivity index (χ1n) is 10.4. The van der Waals surface area contributed by atoms with Crippen molar-refractivity contribution in [2.45, 2.75) is 38.0 Å². The van der Waals surface area contributed by atoms with Gasteiger partial charge >= 0.3 is 6.61 Å². The van der Waals surface area contributed by atoms with Gasteiger partial charge in [0.05, 0.1) is 29.8 Å². The molecule has 1 aliphatic carbocycles. The Bertz CT molecular complexity index is 1200. The molecule has 3 heterocycles. The lowest BCUT2D eigenvalue weighted by atomic mass is 10.2. The summed E-state index contributed by atoms with van der Waals surface area (Å²) in [4.78, 5) is 25.0. The van der Waals surface area contributed by atoms with E-state index >= 15 is 0 Å². The summed E-state index contributed by atoms with van der Waals surface area (Å²) in [5.41, 5.74) is 5.74. The number of amidine groups is 1. The highest BCUT2D eigenvalue weighted by molar-refractivity contribution is 5.96. The average molecular weight is 472 g/mol. The minimum Gasteiger partial charge on any atom is -0.432 e. The summed E-state index contributed by atoms with van der Waals surface area (Å²) >= 11 is 0. The van der Waals surface area contributed by atoms with E-state index < -0.39 is 12.2 Å². The number of nitrogens with one attached hydrogen (secondary N) is 2. The van der Waals surface area contributed by atoms with E-state index in [4.69, 9.17) is 10.9 Å². The largest absolute Gasteiger partial charge is 0.432 e. The van der Waals surface area contributed by atoms with Gasteiger partial charge in [0.25, 0.3) is 5.56 Å². The van der Waals surface area contributed by atoms with Crippen LogP contribution in [0.15, 0.2) is 59.0 Å². The number of rotatable bonds is 8. The third-order valence-corrected chi connectivity index (χ3v) is 5.33. The zero-order chi connectivity index (χ0) is 24.1. The van der Waals surface area contributed by atoms with E-state index in [2.05, 4.69) is 35.5 Å². The van der Waals surface area contributed by atoms with Crippen molar-refractivity contribution in [3.8, 4) is 11.4 Å². The van der Waals surface area contributed by atoms with Crippen molar-refractivity contribution in [2.75, 3.05) is 10.6 Å². The maximum Gasteiger partial charge on any atom is 0.387 e. The average Bonchev–Trinajstić information content (AvgIpc) is 3.27. The van der Waals surface area contributed by atoms with Crippen LogP contribution in [0.4, 0.5) is 20.5 Å². The van der Waals surface area contributed by atoms with E-state index in [1.165, 1.54) is 23.0 Å². The van der Waals surface area contributed by atoms with Crippen molar-refractivity contribution in [1.29, 1.82) is 0 Å². The number of nitrogens with zero attached hydrogens (tertiary/aromatic N) is 5. The molecule has 1 fully saturated rings. The van der Waals surface area contributed by atoms with Crippen LogP contribution in [0.25, 0.3) is 5.69 Å². The zero-order valence-electron chi connectivity index (χ0n) is 17.8. The number of halogens is 2. The molecule has 2 atom stereocenters. The van der Waals surface area contributed by atoms with Crippen molar-refractivity contribution in [1.82, 2.24) is 19.5 Å². The summed E-state index contributed by atoms with van der Waals surface area (Å²) in [6.07, 6.45) is 8.05. The summed E-state index contributed by atoms with van der Waals surface area (Å²) in [6.45, 7) is -2.92. The molecule has 1 saturated carbocycles. The smallest absolute Gasteiger partial charge is 0.387 e. The Balaban J connectivity index is 1.35. The van der Waals surface area contributed by atoms with Crippen LogP contribution in [0.3, 0.4) is 0 Å². The summed E-state index contributed by atoms with van der Waals surface area (Å²) in [5.74, 6) is 0.631. The van der Waals surface area contributed by atoms with Crippen molar-refractivity contribution in [3.63, 3.8) is 0 Å². The number of alkyl halides is 2. The summed E-state index contributed by atoms with van der Waals surface area (Å²) in [6, 6.07) is 6.87. The predicted octanol–water partition coefficient (Wildman–Crippen LogP) is 2.16. The molecule has 0 radical (unpaired) electrons. The lowest BCUT2D eigenvalue weighted by molar-refractivity contribution is -0.0503. The number of pyridine rings is 2. The molecule has 0 aromatic carbocycles. The number of hydrogen-bond acceptors (Lipinski definition) is 9. The molecule has 178 valence electrons. The van der Waals surface area contributed by atoms with E-state index in [-0.39, 0.29) is 29.2 Å². The van der Waals surface area contributed by atoms with Gasteiger partial charge < -0.3 is 26.3 Å². The molecule has 34 heavy (non-hydrogen) atoms. The molecule has 0 amide bonds. The quantitative estimate of drug-likeness (QED) is 0.167. The van der Waals surface area contributed by atoms with Gasteiger partial charge in [0.2, 0.25) is 5.95 Å². The van der Waals surface area contributed by atoms with Gasteiger partial charge in [0.15, 0.2) is 11.6 Å². The highest BCUT2D eigenvalue weighted by Crippen LogP contribution is 2.25. The molecular formula is C21H22F2N8O3. The molecule has 4 rings (SSSR count). The number of aromatic nitrogens is 4. The molecule has 5 N–H and O–H groups in total. The fourth-order valence-corrected chi connectivity index (χ4v) is 3.75. The monoisotopic (exact) mass is 472 g/mol. The van der Waals surface area contributed by atoms with Gasteiger partial charge in [-0.15, -0.1) is 0 Å². The first kappa shape index (κ1) is 22.9. The fraction of sp³-hybridized carbons (Fsp3) is 0.286. The molecule has 0 spiro atoms. The summed E-state index contributed by atoms with van der Waals surface area (Å²) < 4.78 is 30.0. The van der Waals surface area contributed by atoms with Gasteiger partial charge in [-0.1, -0.05) is 5.16 Å². The van der Waals surface area contributed by atoms with Crippen molar-refractivity contribution in [3.05, 3.63) is 65.0 Å². The van der Waals surface area contributed by atoms with Gasteiger partial charge in [0.1, 0.15) is 5.82 Å². The minimum atomic E-state index is -2.92. The van der Waals surface area contributed by atoms with Gasteiger partial charge in [-0.05, 0) is 43.5 Å². The van der Waals surface area contributed by atoms with Crippen LogP contribution in [-0.4, -0.2) is 49.3 Å². The number of anilines is 2. The van der Waals surface area contributed by atoms with Crippen LogP contribution >= 0.6 is 0 Å². The highest BCUT2D eigenvalue weighted by atomic mass is 19.3. The number of hydrogen-bond donors (Lipinski definition) is 4. The number of oxime groups is 1. The second-order valence-electron chi connectivity index (χ2n) is 7.60. The van der Waals surface area contributed by atoms with Crippen LogP contribution in [0, 0.1) is 0 Å². The summed E-state index contributed by atoms with van der Waals surface area (Å²) in [5, 5.41) is 18.3. The normalized spacial score (nSPS) is 18.1. The van der Waals surface area contributed by atoms with Crippen LogP contribution in [0.5, 0.6) is 5.75 Å².